The van der Waals surface area contributed by atoms with E-state index in [1.165, 1.54) is 12.1 Å². The number of pyridine rings is 1. The molecule has 7 heteroatoms. The number of hydrogen-bond acceptors (Lipinski definition) is 5. The number of fused-ring (bicyclic) bond motifs is 1. The molecule has 0 unspecified atom stereocenters. The first-order chi connectivity index (χ1) is 15.7. The van der Waals surface area contributed by atoms with Crippen LogP contribution in [0.2, 0.25) is 0 Å². The fraction of sp³-hybridized carbons (Fsp3) is 0.320. The molecule has 32 heavy (non-hydrogen) atoms. The highest BCUT2D eigenvalue weighted by Crippen LogP contribution is 2.39. The first-order valence-corrected chi connectivity index (χ1v) is 11.1. The third-order valence-electron chi connectivity index (χ3n) is 6.22. The van der Waals surface area contributed by atoms with Gasteiger partial charge in [0, 0.05) is 68.6 Å². The zero-order chi connectivity index (χ0) is 21.9. The van der Waals surface area contributed by atoms with E-state index < -0.39 is 0 Å². The summed E-state index contributed by atoms with van der Waals surface area (Å²) in [5, 5.41) is 0. The molecular formula is C25H27FN6. The lowest BCUT2D eigenvalue weighted by Gasteiger charge is -2.32. The Bertz CT molecular complexity index is 1180. The molecule has 1 saturated heterocycles. The van der Waals surface area contributed by atoms with Crippen molar-refractivity contribution in [2.45, 2.75) is 13.0 Å². The van der Waals surface area contributed by atoms with E-state index in [-0.39, 0.29) is 5.82 Å². The Kier molecular flexibility index (Phi) is 5.92. The van der Waals surface area contributed by atoms with Crippen LogP contribution in [0.5, 0.6) is 0 Å². The molecule has 5 rings (SSSR count). The molecule has 4 heterocycles. The first-order valence-electron chi connectivity index (χ1n) is 11.1. The molecule has 1 fully saturated rings. The van der Waals surface area contributed by atoms with E-state index >= 15 is 0 Å². The highest BCUT2D eigenvalue weighted by molar-refractivity contribution is 6.00. The Labute approximate surface area is 187 Å². The molecule has 1 aromatic carbocycles. The molecule has 0 saturated carbocycles. The third-order valence-corrected chi connectivity index (χ3v) is 6.22. The van der Waals surface area contributed by atoms with Gasteiger partial charge in [-0.1, -0.05) is 12.1 Å². The number of rotatable bonds is 6. The van der Waals surface area contributed by atoms with Gasteiger partial charge in [0.1, 0.15) is 11.3 Å². The van der Waals surface area contributed by atoms with Crippen LogP contribution in [0.25, 0.3) is 33.5 Å². The van der Waals surface area contributed by atoms with Crippen molar-refractivity contribution in [2.75, 3.05) is 39.8 Å². The highest BCUT2D eigenvalue weighted by atomic mass is 19.1. The monoisotopic (exact) mass is 430 g/mol. The second-order valence-electron chi connectivity index (χ2n) is 8.35. The van der Waals surface area contributed by atoms with Gasteiger partial charge in [0.05, 0.1) is 5.69 Å². The number of aromatic nitrogens is 4. The van der Waals surface area contributed by atoms with Gasteiger partial charge in [0.25, 0.3) is 0 Å². The largest absolute Gasteiger partial charge is 0.323 e. The summed E-state index contributed by atoms with van der Waals surface area (Å²) in [4.78, 5) is 18.5. The van der Waals surface area contributed by atoms with Gasteiger partial charge in [-0.05, 0) is 49.8 Å². The van der Waals surface area contributed by atoms with Crippen molar-refractivity contribution in [3.8, 4) is 22.4 Å². The zero-order valence-corrected chi connectivity index (χ0v) is 18.3. The maximum absolute atomic E-state index is 13.7. The molecule has 0 amide bonds. The molecule has 0 radical (unpaired) electrons. The number of piperazine rings is 1. The summed E-state index contributed by atoms with van der Waals surface area (Å²) in [7, 11) is 2.18. The first kappa shape index (κ1) is 20.7. The Morgan fingerprint density at radius 2 is 1.53 bits per heavy atom. The van der Waals surface area contributed by atoms with Crippen molar-refractivity contribution in [3.05, 3.63) is 67.0 Å². The van der Waals surface area contributed by atoms with Crippen LogP contribution in [0.15, 0.2) is 61.2 Å². The van der Waals surface area contributed by atoms with Crippen LogP contribution in [0.4, 0.5) is 4.39 Å². The van der Waals surface area contributed by atoms with Crippen molar-refractivity contribution >= 4 is 11.2 Å². The zero-order valence-electron chi connectivity index (χ0n) is 18.3. The van der Waals surface area contributed by atoms with Crippen LogP contribution in [0.1, 0.15) is 6.42 Å². The van der Waals surface area contributed by atoms with Gasteiger partial charge in [-0.25, -0.2) is 9.37 Å². The third kappa shape index (κ3) is 4.13. The van der Waals surface area contributed by atoms with E-state index in [2.05, 4.69) is 31.4 Å². The minimum absolute atomic E-state index is 0.249. The number of benzene rings is 1. The summed E-state index contributed by atoms with van der Waals surface area (Å²) in [6, 6.07) is 10.7. The summed E-state index contributed by atoms with van der Waals surface area (Å²) in [5.41, 5.74) is 5.72. The van der Waals surface area contributed by atoms with Gasteiger partial charge in [0.2, 0.25) is 0 Å². The normalized spacial score (nSPS) is 15.4. The molecule has 0 N–H and O–H groups in total. The topological polar surface area (TPSA) is 50.1 Å². The van der Waals surface area contributed by atoms with Gasteiger partial charge in [-0.2, -0.15) is 0 Å². The average Bonchev–Trinajstić information content (AvgIpc) is 3.16. The van der Waals surface area contributed by atoms with Crippen molar-refractivity contribution < 1.29 is 4.39 Å². The smallest absolute Gasteiger partial charge is 0.159 e. The van der Waals surface area contributed by atoms with E-state index in [0.717, 1.165) is 79.2 Å². The fourth-order valence-electron chi connectivity index (χ4n) is 4.50. The molecule has 1 aliphatic heterocycles. The lowest BCUT2D eigenvalue weighted by molar-refractivity contribution is 0.151. The molecule has 1 aliphatic rings. The van der Waals surface area contributed by atoms with E-state index in [4.69, 9.17) is 4.98 Å². The Balaban J connectivity index is 1.56. The number of hydrogen-bond donors (Lipinski definition) is 0. The number of nitrogens with zero attached hydrogens (tertiary/aromatic N) is 6. The predicted octanol–water partition coefficient (Wildman–Crippen LogP) is 3.94. The van der Waals surface area contributed by atoms with Crippen LogP contribution >= 0.6 is 0 Å². The summed E-state index contributed by atoms with van der Waals surface area (Å²) >= 11 is 0. The quantitative estimate of drug-likeness (QED) is 0.464. The average molecular weight is 431 g/mol. The van der Waals surface area contributed by atoms with Gasteiger partial charge >= 0.3 is 0 Å². The predicted molar refractivity (Wildman–Crippen MR) is 125 cm³/mol. The van der Waals surface area contributed by atoms with E-state index in [0.29, 0.717) is 0 Å². The molecule has 164 valence electrons. The van der Waals surface area contributed by atoms with Crippen LogP contribution in [-0.4, -0.2) is 69.1 Å². The Hall–Kier alpha value is -3.16. The van der Waals surface area contributed by atoms with E-state index in [1.54, 1.807) is 24.8 Å². The minimum Gasteiger partial charge on any atom is -0.323 e. The van der Waals surface area contributed by atoms with Gasteiger partial charge < -0.3 is 14.4 Å². The minimum atomic E-state index is -0.249. The van der Waals surface area contributed by atoms with Gasteiger partial charge in [-0.3, -0.25) is 9.97 Å². The lowest BCUT2D eigenvalue weighted by atomic mass is 10.0. The second kappa shape index (κ2) is 9.14. The SMILES string of the molecule is CN1CCN(CCCn2c(-c3ccncc3)c(-c3ccc(F)cc3)c3nccnc32)CC1. The number of likely N-dealkylation sites (N-methyl/N-ethyl adjacent to an activating group) is 1. The molecule has 3 aromatic heterocycles. The molecular weight excluding hydrogens is 403 g/mol. The van der Waals surface area contributed by atoms with Crippen molar-refractivity contribution in [2.24, 2.45) is 0 Å². The fourth-order valence-corrected chi connectivity index (χ4v) is 4.50. The lowest BCUT2D eigenvalue weighted by Crippen LogP contribution is -2.44. The standard InChI is InChI=1S/C25H27FN6/c1-30-15-17-31(18-16-30)13-2-14-32-24(20-7-9-27-10-8-20)22(19-3-5-21(26)6-4-19)23-25(32)29-12-11-28-23/h3-12H,2,13-18H2,1H3. The van der Waals surface area contributed by atoms with Crippen LogP contribution in [-0.2, 0) is 6.54 Å². The summed E-state index contributed by atoms with van der Waals surface area (Å²) < 4.78 is 15.9. The molecule has 0 bridgehead atoms. The number of halogens is 1. The van der Waals surface area contributed by atoms with Crippen molar-refractivity contribution in [3.63, 3.8) is 0 Å². The number of aryl methyl sites for hydroxylation is 1. The molecule has 0 atom stereocenters. The summed E-state index contributed by atoms with van der Waals surface area (Å²) in [6.07, 6.45) is 8.09. The molecule has 0 spiro atoms. The summed E-state index contributed by atoms with van der Waals surface area (Å²) in [5.74, 6) is -0.249. The highest BCUT2D eigenvalue weighted by Gasteiger charge is 2.22. The maximum Gasteiger partial charge on any atom is 0.159 e. The summed E-state index contributed by atoms with van der Waals surface area (Å²) in [6.45, 7) is 6.35. The van der Waals surface area contributed by atoms with E-state index in [1.807, 2.05) is 24.3 Å². The van der Waals surface area contributed by atoms with Crippen LogP contribution < -0.4 is 0 Å². The van der Waals surface area contributed by atoms with Crippen LogP contribution in [0, 0.1) is 5.82 Å². The van der Waals surface area contributed by atoms with Crippen LogP contribution in [0.3, 0.4) is 0 Å². The molecule has 4 aromatic rings. The van der Waals surface area contributed by atoms with Crippen molar-refractivity contribution in [1.82, 2.24) is 29.3 Å². The second-order valence-corrected chi connectivity index (χ2v) is 8.35. The Morgan fingerprint density at radius 1 is 0.812 bits per heavy atom. The Morgan fingerprint density at radius 3 is 2.28 bits per heavy atom. The molecule has 6 nitrogen and oxygen atoms in total. The maximum atomic E-state index is 13.7. The van der Waals surface area contributed by atoms with Gasteiger partial charge in [0.15, 0.2) is 5.65 Å². The molecule has 0 aliphatic carbocycles. The van der Waals surface area contributed by atoms with Crippen molar-refractivity contribution in [1.29, 1.82) is 0 Å². The van der Waals surface area contributed by atoms with Gasteiger partial charge in [-0.15, -0.1) is 0 Å². The van der Waals surface area contributed by atoms with E-state index in [9.17, 15) is 4.39 Å².